The van der Waals surface area contributed by atoms with Crippen molar-refractivity contribution in [1.29, 1.82) is 0 Å². The van der Waals surface area contributed by atoms with Crippen LogP contribution in [0.3, 0.4) is 0 Å². The first-order chi connectivity index (χ1) is 13.6. The molecule has 0 radical (unpaired) electrons. The highest BCUT2D eigenvalue weighted by Gasteiger charge is 2.13. The average Bonchev–Trinajstić information content (AvgIpc) is 2.71. The first-order valence-electron chi connectivity index (χ1n) is 9.78. The van der Waals surface area contributed by atoms with Crippen molar-refractivity contribution in [3.8, 4) is 0 Å². The lowest BCUT2D eigenvalue weighted by molar-refractivity contribution is -0.144. The van der Waals surface area contributed by atoms with E-state index in [2.05, 4.69) is 11.9 Å². The molecule has 146 valence electrons. The van der Waals surface area contributed by atoms with Crippen molar-refractivity contribution in [2.24, 2.45) is 0 Å². The number of carbonyl (C=O) groups is 1. The topological polar surface area (TPSA) is 61.2 Å². The third kappa shape index (κ3) is 4.85. The molecular formula is C23H26N2O3. The standard InChI is InChI=1S/C23H26N2O3/c1-3-4-15-25-21-8-6-5-7-19(21)24-20(23(25)27)13-14-22(26)28-16-18-11-9-17(2)10-12-18/h5-12H,3-4,13-16H2,1-2H3. The molecule has 0 aliphatic rings. The fraction of sp³-hybridized carbons (Fsp3) is 0.348. The van der Waals surface area contributed by atoms with E-state index in [9.17, 15) is 9.59 Å². The third-order valence-corrected chi connectivity index (χ3v) is 4.74. The van der Waals surface area contributed by atoms with Crippen molar-refractivity contribution < 1.29 is 9.53 Å². The summed E-state index contributed by atoms with van der Waals surface area (Å²) in [6.45, 7) is 5.01. The quantitative estimate of drug-likeness (QED) is 0.552. The maximum Gasteiger partial charge on any atom is 0.306 e. The molecule has 0 saturated heterocycles. The summed E-state index contributed by atoms with van der Waals surface area (Å²) in [5, 5.41) is 0. The van der Waals surface area contributed by atoms with Crippen molar-refractivity contribution in [2.75, 3.05) is 0 Å². The minimum absolute atomic E-state index is 0.113. The van der Waals surface area contributed by atoms with Crippen LogP contribution in [0.4, 0.5) is 0 Å². The molecule has 0 amide bonds. The molecule has 1 aromatic heterocycles. The smallest absolute Gasteiger partial charge is 0.306 e. The largest absolute Gasteiger partial charge is 0.461 e. The Balaban J connectivity index is 1.69. The van der Waals surface area contributed by atoms with Crippen molar-refractivity contribution in [1.82, 2.24) is 9.55 Å². The van der Waals surface area contributed by atoms with Gasteiger partial charge in [0.1, 0.15) is 12.3 Å². The highest BCUT2D eigenvalue weighted by atomic mass is 16.5. The first-order valence-corrected chi connectivity index (χ1v) is 9.78. The molecule has 0 aliphatic carbocycles. The number of benzene rings is 2. The van der Waals surface area contributed by atoms with Crippen LogP contribution in [0.15, 0.2) is 53.3 Å². The minimum atomic E-state index is -0.324. The molecule has 0 fully saturated rings. The fourth-order valence-electron chi connectivity index (χ4n) is 3.09. The van der Waals surface area contributed by atoms with E-state index < -0.39 is 0 Å². The van der Waals surface area contributed by atoms with Crippen LogP contribution >= 0.6 is 0 Å². The van der Waals surface area contributed by atoms with Gasteiger partial charge >= 0.3 is 5.97 Å². The summed E-state index contributed by atoms with van der Waals surface area (Å²) in [7, 11) is 0. The monoisotopic (exact) mass is 378 g/mol. The van der Waals surface area contributed by atoms with Gasteiger partial charge in [-0.3, -0.25) is 9.59 Å². The Morgan fingerprint density at radius 1 is 1.11 bits per heavy atom. The SMILES string of the molecule is CCCCn1c(=O)c(CCC(=O)OCc2ccc(C)cc2)nc2ccccc21. The Labute approximate surface area is 165 Å². The number of aryl methyl sites for hydroxylation is 3. The van der Waals surface area contributed by atoms with Crippen LogP contribution in [0.2, 0.25) is 0 Å². The Kier molecular flexibility index (Phi) is 6.58. The van der Waals surface area contributed by atoms with Crippen molar-refractivity contribution in [3.05, 3.63) is 75.7 Å². The Bertz CT molecular complexity index is 1010. The van der Waals surface area contributed by atoms with Gasteiger partial charge in [0.2, 0.25) is 0 Å². The van der Waals surface area contributed by atoms with E-state index in [1.54, 1.807) is 4.57 Å². The lowest BCUT2D eigenvalue weighted by Crippen LogP contribution is -2.26. The summed E-state index contributed by atoms with van der Waals surface area (Å²) >= 11 is 0. The van der Waals surface area contributed by atoms with E-state index in [0.717, 1.165) is 35.0 Å². The van der Waals surface area contributed by atoms with E-state index >= 15 is 0 Å². The van der Waals surface area contributed by atoms with Crippen molar-refractivity contribution in [3.63, 3.8) is 0 Å². The number of fused-ring (bicyclic) bond motifs is 1. The zero-order valence-electron chi connectivity index (χ0n) is 16.5. The van der Waals surface area contributed by atoms with Gasteiger partial charge in [-0.25, -0.2) is 4.98 Å². The fourth-order valence-corrected chi connectivity index (χ4v) is 3.09. The summed E-state index contributed by atoms with van der Waals surface area (Å²) in [6.07, 6.45) is 2.35. The van der Waals surface area contributed by atoms with Crippen LogP contribution in [-0.4, -0.2) is 15.5 Å². The number of hydrogen-bond acceptors (Lipinski definition) is 4. The van der Waals surface area contributed by atoms with E-state index in [-0.39, 0.29) is 31.0 Å². The van der Waals surface area contributed by atoms with E-state index in [1.165, 1.54) is 0 Å². The zero-order valence-corrected chi connectivity index (χ0v) is 16.5. The van der Waals surface area contributed by atoms with Gasteiger partial charge in [-0.15, -0.1) is 0 Å². The molecule has 0 atom stereocenters. The second-order valence-electron chi connectivity index (χ2n) is 7.00. The summed E-state index contributed by atoms with van der Waals surface area (Å²) in [5.74, 6) is -0.324. The van der Waals surface area contributed by atoms with Gasteiger partial charge in [0.15, 0.2) is 0 Å². The number of hydrogen-bond donors (Lipinski definition) is 0. The Morgan fingerprint density at radius 2 is 1.86 bits per heavy atom. The molecule has 0 spiro atoms. The molecule has 3 aromatic rings. The van der Waals surface area contributed by atoms with Crippen LogP contribution in [0.25, 0.3) is 11.0 Å². The Morgan fingerprint density at radius 3 is 2.61 bits per heavy atom. The zero-order chi connectivity index (χ0) is 19.9. The summed E-state index contributed by atoms with van der Waals surface area (Å²) < 4.78 is 7.11. The average molecular weight is 378 g/mol. The maximum atomic E-state index is 12.9. The van der Waals surface area contributed by atoms with E-state index in [4.69, 9.17) is 4.74 Å². The van der Waals surface area contributed by atoms with Crippen LogP contribution in [0.5, 0.6) is 0 Å². The number of ether oxygens (including phenoxy) is 1. The normalized spacial score (nSPS) is 10.9. The van der Waals surface area contributed by atoms with Gasteiger partial charge in [-0.2, -0.15) is 0 Å². The van der Waals surface area contributed by atoms with Crippen LogP contribution in [0.1, 0.15) is 43.0 Å². The van der Waals surface area contributed by atoms with Crippen molar-refractivity contribution >= 4 is 17.0 Å². The molecule has 5 heteroatoms. The van der Waals surface area contributed by atoms with Gasteiger partial charge in [0.05, 0.1) is 17.5 Å². The maximum absolute atomic E-state index is 12.9. The van der Waals surface area contributed by atoms with Crippen molar-refractivity contribution in [2.45, 2.75) is 52.7 Å². The molecule has 0 N–H and O–H groups in total. The summed E-state index contributed by atoms with van der Waals surface area (Å²) in [4.78, 5) is 29.5. The molecule has 28 heavy (non-hydrogen) atoms. The lowest BCUT2D eigenvalue weighted by Gasteiger charge is -2.12. The number of esters is 1. The predicted octanol–water partition coefficient (Wildman–Crippen LogP) is 4.18. The highest BCUT2D eigenvalue weighted by molar-refractivity contribution is 5.75. The number of unbranched alkanes of at least 4 members (excludes halogenated alkanes) is 1. The molecule has 5 nitrogen and oxygen atoms in total. The summed E-state index contributed by atoms with van der Waals surface area (Å²) in [5.41, 5.74) is 4.04. The van der Waals surface area contributed by atoms with E-state index in [1.807, 2.05) is 55.5 Å². The van der Waals surface area contributed by atoms with Crippen LogP contribution < -0.4 is 5.56 Å². The number of carbonyl (C=O) groups excluding carboxylic acids is 1. The molecule has 0 unspecified atom stereocenters. The van der Waals surface area contributed by atoms with Crippen LogP contribution in [-0.2, 0) is 29.1 Å². The predicted molar refractivity (Wildman–Crippen MR) is 110 cm³/mol. The second kappa shape index (κ2) is 9.31. The molecule has 0 aliphatic heterocycles. The number of rotatable bonds is 8. The summed E-state index contributed by atoms with van der Waals surface area (Å²) in [6, 6.07) is 15.5. The molecule has 3 rings (SSSR count). The second-order valence-corrected chi connectivity index (χ2v) is 7.00. The number of para-hydroxylation sites is 2. The van der Waals surface area contributed by atoms with Gasteiger partial charge in [-0.05, 0) is 31.0 Å². The molecule has 0 bridgehead atoms. The minimum Gasteiger partial charge on any atom is -0.461 e. The number of aromatic nitrogens is 2. The third-order valence-electron chi connectivity index (χ3n) is 4.74. The van der Waals surface area contributed by atoms with Gasteiger partial charge in [-0.1, -0.05) is 55.3 Å². The molecule has 0 saturated carbocycles. The highest BCUT2D eigenvalue weighted by Crippen LogP contribution is 2.12. The molecule has 2 aromatic carbocycles. The Hall–Kier alpha value is -2.95. The first kappa shape index (κ1) is 19.8. The molecule has 1 heterocycles. The van der Waals surface area contributed by atoms with E-state index in [0.29, 0.717) is 12.2 Å². The van der Waals surface area contributed by atoms with Crippen LogP contribution in [0, 0.1) is 6.92 Å². The lowest BCUT2D eigenvalue weighted by atomic mass is 10.2. The number of nitrogens with zero attached hydrogens (tertiary/aromatic N) is 2. The molecular weight excluding hydrogens is 352 g/mol. The van der Waals surface area contributed by atoms with Gasteiger partial charge < -0.3 is 9.30 Å². The van der Waals surface area contributed by atoms with Gasteiger partial charge in [0, 0.05) is 13.0 Å². The van der Waals surface area contributed by atoms with Gasteiger partial charge in [0.25, 0.3) is 5.56 Å².